The van der Waals surface area contributed by atoms with E-state index in [2.05, 4.69) is 6.92 Å². The number of carbonyl (C=O) groups excluding carboxylic acids is 1. The highest BCUT2D eigenvalue weighted by Crippen LogP contribution is 2.29. The Bertz CT molecular complexity index is 985. The summed E-state index contributed by atoms with van der Waals surface area (Å²) in [7, 11) is 1.64. The van der Waals surface area contributed by atoms with Gasteiger partial charge in [-0.1, -0.05) is 67.9 Å². The highest BCUT2D eigenvalue weighted by Gasteiger charge is 2.18. The maximum Gasteiger partial charge on any atom is 0.254 e. The summed E-state index contributed by atoms with van der Waals surface area (Å²) >= 11 is 0. The molecule has 0 heterocycles. The lowest BCUT2D eigenvalue weighted by molar-refractivity contribution is 0.0740. The monoisotopic (exact) mass is 417 g/mol. The van der Waals surface area contributed by atoms with Gasteiger partial charge in [-0.2, -0.15) is 0 Å². The summed E-state index contributed by atoms with van der Waals surface area (Å²) in [4.78, 5) is 15.1. The van der Waals surface area contributed by atoms with E-state index >= 15 is 0 Å². The molecule has 0 radical (unpaired) electrons. The summed E-state index contributed by atoms with van der Waals surface area (Å²) in [6.07, 6.45) is 2.00. The second-order valence-electron chi connectivity index (χ2n) is 7.65. The zero-order chi connectivity index (χ0) is 22.1. The molecule has 1 amide bonds. The van der Waals surface area contributed by atoms with Gasteiger partial charge in [0, 0.05) is 18.7 Å². The van der Waals surface area contributed by atoms with Crippen LogP contribution in [0, 0.1) is 6.92 Å². The van der Waals surface area contributed by atoms with Gasteiger partial charge in [0.25, 0.3) is 5.91 Å². The predicted molar refractivity (Wildman–Crippen MR) is 125 cm³/mol. The van der Waals surface area contributed by atoms with Crippen LogP contribution in [0.5, 0.6) is 11.5 Å². The van der Waals surface area contributed by atoms with Gasteiger partial charge in [0.05, 0.1) is 7.11 Å². The van der Waals surface area contributed by atoms with Gasteiger partial charge >= 0.3 is 0 Å². The Kier molecular flexibility index (Phi) is 8.11. The predicted octanol–water partition coefficient (Wildman–Crippen LogP) is 6.03. The first kappa shape index (κ1) is 22.4. The number of carbonyl (C=O) groups is 1. The average molecular weight is 418 g/mol. The van der Waals surface area contributed by atoms with Crippen molar-refractivity contribution in [1.29, 1.82) is 0 Å². The van der Waals surface area contributed by atoms with Crippen LogP contribution in [0.1, 0.15) is 46.8 Å². The number of rotatable bonds is 10. The summed E-state index contributed by atoms with van der Waals surface area (Å²) in [6.45, 7) is 5.84. The minimum atomic E-state index is 0.0647. The lowest BCUT2D eigenvalue weighted by Crippen LogP contribution is -2.32. The highest BCUT2D eigenvalue weighted by molar-refractivity contribution is 5.95. The van der Waals surface area contributed by atoms with Gasteiger partial charge in [-0.25, -0.2) is 0 Å². The van der Waals surface area contributed by atoms with Crippen LogP contribution in [-0.2, 0) is 13.2 Å². The SMILES string of the molecule is CCCCN(Cc1ccc(OCc2ccccc2)c(OC)c1)C(=O)c1ccccc1C. The van der Waals surface area contributed by atoms with Crippen molar-refractivity contribution in [2.24, 2.45) is 0 Å². The average Bonchev–Trinajstić information content (AvgIpc) is 2.81. The standard InChI is InChI=1S/C27H31NO3/c1-4-5-17-28(27(29)24-14-10-9-11-21(24)2)19-23-15-16-25(26(18-23)30-3)31-20-22-12-7-6-8-13-22/h6-16,18H,4-5,17,19-20H2,1-3H3. The quantitative estimate of drug-likeness (QED) is 0.405. The molecule has 0 aromatic heterocycles. The van der Waals surface area contributed by atoms with E-state index in [-0.39, 0.29) is 5.91 Å². The molecule has 4 nitrogen and oxygen atoms in total. The third kappa shape index (κ3) is 6.11. The van der Waals surface area contributed by atoms with Crippen LogP contribution in [0.25, 0.3) is 0 Å². The lowest BCUT2D eigenvalue weighted by atomic mass is 10.1. The molecule has 0 saturated carbocycles. The highest BCUT2D eigenvalue weighted by atomic mass is 16.5. The van der Waals surface area contributed by atoms with E-state index in [0.29, 0.717) is 24.7 Å². The van der Waals surface area contributed by atoms with Crippen molar-refractivity contribution >= 4 is 5.91 Å². The molecule has 0 bridgehead atoms. The van der Waals surface area contributed by atoms with E-state index < -0.39 is 0 Å². The van der Waals surface area contributed by atoms with Gasteiger partial charge in [-0.15, -0.1) is 0 Å². The third-order valence-electron chi connectivity index (χ3n) is 5.28. The van der Waals surface area contributed by atoms with Crippen LogP contribution in [0.4, 0.5) is 0 Å². The number of amides is 1. The Morgan fingerprint density at radius 2 is 1.65 bits per heavy atom. The van der Waals surface area contributed by atoms with E-state index in [1.54, 1.807) is 7.11 Å². The Morgan fingerprint density at radius 3 is 2.35 bits per heavy atom. The van der Waals surface area contributed by atoms with E-state index in [9.17, 15) is 4.79 Å². The topological polar surface area (TPSA) is 38.8 Å². The van der Waals surface area contributed by atoms with Crippen LogP contribution >= 0.6 is 0 Å². The zero-order valence-corrected chi connectivity index (χ0v) is 18.6. The van der Waals surface area contributed by atoms with E-state index in [0.717, 1.165) is 41.6 Å². The number of hydrogen-bond acceptors (Lipinski definition) is 3. The van der Waals surface area contributed by atoms with Crippen molar-refractivity contribution in [3.63, 3.8) is 0 Å². The van der Waals surface area contributed by atoms with E-state index in [1.807, 2.05) is 84.6 Å². The largest absolute Gasteiger partial charge is 0.493 e. The first-order valence-corrected chi connectivity index (χ1v) is 10.8. The molecular weight excluding hydrogens is 386 g/mol. The minimum Gasteiger partial charge on any atom is -0.493 e. The molecule has 0 N–H and O–H groups in total. The number of unbranched alkanes of at least 4 members (excludes halogenated alkanes) is 1. The second-order valence-corrected chi connectivity index (χ2v) is 7.65. The van der Waals surface area contributed by atoms with Crippen LogP contribution in [0.2, 0.25) is 0 Å². The molecule has 0 fully saturated rings. The second kappa shape index (κ2) is 11.2. The van der Waals surface area contributed by atoms with Crippen molar-refractivity contribution in [3.05, 3.63) is 95.1 Å². The third-order valence-corrected chi connectivity index (χ3v) is 5.28. The molecule has 31 heavy (non-hydrogen) atoms. The molecule has 4 heteroatoms. The van der Waals surface area contributed by atoms with Crippen LogP contribution in [0.15, 0.2) is 72.8 Å². The maximum absolute atomic E-state index is 13.2. The van der Waals surface area contributed by atoms with Gasteiger partial charge in [0.1, 0.15) is 6.61 Å². The van der Waals surface area contributed by atoms with Gasteiger partial charge in [-0.05, 0) is 48.2 Å². The number of hydrogen-bond donors (Lipinski definition) is 0. The molecular formula is C27H31NO3. The van der Waals surface area contributed by atoms with Crippen LogP contribution in [-0.4, -0.2) is 24.5 Å². The number of methoxy groups -OCH3 is 1. The van der Waals surface area contributed by atoms with Crippen molar-refractivity contribution in [3.8, 4) is 11.5 Å². The number of aryl methyl sites for hydroxylation is 1. The molecule has 3 rings (SSSR count). The molecule has 3 aromatic carbocycles. The Labute approximate surface area is 185 Å². The molecule has 0 saturated heterocycles. The van der Waals surface area contributed by atoms with Gasteiger partial charge in [0.15, 0.2) is 11.5 Å². The van der Waals surface area contributed by atoms with Crippen LogP contribution in [0.3, 0.4) is 0 Å². The molecule has 162 valence electrons. The van der Waals surface area contributed by atoms with E-state index in [1.165, 1.54) is 0 Å². The van der Waals surface area contributed by atoms with Gasteiger partial charge in [0.2, 0.25) is 0 Å². The fraction of sp³-hybridized carbons (Fsp3) is 0.296. The molecule has 0 aliphatic heterocycles. The summed E-state index contributed by atoms with van der Waals surface area (Å²) in [6, 6.07) is 23.7. The van der Waals surface area contributed by atoms with Crippen molar-refractivity contribution in [1.82, 2.24) is 4.90 Å². The summed E-state index contributed by atoms with van der Waals surface area (Å²) in [5, 5.41) is 0. The van der Waals surface area contributed by atoms with E-state index in [4.69, 9.17) is 9.47 Å². The van der Waals surface area contributed by atoms with Crippen molar-refractivity contribution in [2.45, 2.75) is 39.8 Å². The fourth-order valence-corrected chi connectivity index (χ4v) is 3.47. The lowest BCUT2D eigenvalue weighted by Gasteiger charge is -2.24. The zero-order valence-electron chi connectivity index (χ0n) is 18.6. The van der Waals surface area contributed by atoms with Crippen molar-refractivity contribution in [2.75, 3.05) is 13.7 Å². The summed E-state index contributed by atoms with van der Waals surface area (Å²) < 4.78 is 11.5. The maximum atomic E-state index is 13.2. The normalized spacial score (nSPS) is 10.5. The smallest absolute Gasteiger partial charge is 0.254 e. The Morgan fingerprint density at radius 1 is 0.903 bits per heavy atom. The molecule has 0 aliphatic carbocycles. The number of nitrogens with zero attached hydrogens (tertiary/aromatic N) is 1. The molecule has 0 unspecified atom stereocenters. The Hall–Kier alpha value is -3.27. The molecule has 0 atom stereocenters. The number of benzene rings is 3. The van der Waals surface area contributed by atoms with Crippen LogP contribution < -0.4 is 9.47 Å². The van der Waals surface area contributed by atoms with Crippen molar-refractivity contribution < 1.29 is 14.3 Å². The van der Waals surface area contributed by atoms with Gasteiger partial charge < -0.3 is 14.4 Å². The first-order chi connectivity index (χ1) is 15.1. The summed E-state index contributed by atoms with van der Waals surface area (Å²) in [5.74, 6) is 1.43. The Balaban J connectivity index is 1.76. The number of ether oxygens (including phenoxy) is 2. The first-order valence-electron chi connectivity index (χ1n) is 10.8. The van der Waals surface area contributed by atoms with Gasteiger partial charge in [-0.3, -0.25) is 4.79 Å². The molecule has 0 aliphatic rings. The minimum absolute atomic E-state index is 0.0647. The molecule has 0 spiro atoms. The molecule has 3 aromatic rings. The summed E-state index contributed by atoms with van der Waals surface area (Å²) in [5.41, 5.74) is 3.87. The fourth-order valence-electron chi connectivity index (χ4n) is 3.47.